The van der Waals surface area contributed by atoms with Gasteiger partial charge in [0.1, 0.15) is 6.04 Å². The fourth-order valence-corrected chi connectivity index (χ4v) is 2.08. The van der Waals surface area contributed by atoms with Crippen molar-refractivity contribution in [3.8, 4) is 6.07 Å². The molecule has 0 radical (unpaired) electrons. The highest BCUT2D eigenvalue weighted by Gasteiger charge is 2.15. The molecule has 20 heavy (non-hydrogen) atoms. The van der Waals surface area contributed by atoms with Gasteiger partial charge in [0.2, 0.25) is 5.91 Å². The van der Waals surface area contributed by atoms with Crippen LogP contribution in [0.1, 0.15) is 22.7 Å². The van der Waals surface area contributed by atoms with E-state index in [2.05, 4.69) is 11.4 Å². The molecular formula is C17H16N2O. The SMILES string of the molecule is Cc1ccccc1C(C#N)NC(=O)Cc1ccccc1. The zero-order valence-electron chi connectivity index (χ0n) is 11.3. The van der Waals surface area contributed by atoms with Gasteiger partial charge in [-0.15, -0.1) is 0 Å². The van der Waals surface area contributed by atoms with E-state index in [1.165, 1.54) is 0 Å². The molecule has 100 valence electrons. The Morgan fingerprint density at radius 1 is 1.15 bits per heavy atom. The standard InChI is InChI=1S/C17H16N2O/c1-13-7-5-6-10-15(13)16(12-18)19-17(20)11-14-8-3-2-4-9-14/h2-10,16H,11H2,1H3,(H,19,20). The van der Waals surface area contributed by atoms with E-state index in [9.17, 15) is 10.1 Å². The van der Waals surface area contributed by atoms with Crippen LogP contribution in [0.25, 0.3) is 0 Å². The minimum atomic E-state index is -0.604. The first-order valence-corrected chi connectivity index (χ1v) is 6.49. The molecule has 0 saturated carbocycles. The highest BCUT2D eigenvalue weighted by molar-refractivity contribution is 5.79. The van der Waals surface area contributed by atoms with Crippen molar-refractivity contribution in [2.45, 2.75) is 19.4 Å². The van der Waals surface area contributed by atoms with Crippen molar-refractivity contribution >= 4 is 5.91 Å². The summed E-state index contributed by atoms with van der Waals surface area (Å²) >= 11 is 0. The van der Waals surface area contributed by atoms with Crippen LogP contribution in [-0.2, 0) is 11.2 Å². The molecule has 2 rings (SSSR count). The number of nitrogens with zero attached hydrogens (tertiary/aromatic N) is 1. The molecule has 0 fully saturated rings. The zero-order chi connectivity index (χ0) is 14.4. The molecule has 0 aliphatic heterocycles. The zero-order valence-corrected chi connectivity index (χ0v) is 11.3. The van der Waals surface area contributed by atoms with Gasteiger partial charge in [-0.2, -0.15) is 5.26 Å². The second-order valence-electron chi connectivity index (χ2n) is 4.65. The lowest BCUT2D eigenvalue weighted by Crippen LogP contribution is -2.29. The lowest BCUT2D eigenvalue weighted by Gasteiger charge is -2.14. The summed E-state index contributed by atoms with van der Waals surface area (Å²) < 4.78 is 0. The molecule has 0 saturated heterocycles. The van der Waals surface area contributed by atoms with Crippen LogP contribution in [0.4, 0.5) is 0 Å². The number of rotatable bonds is 4. The molecule has 0 heterocycles. The van der Waals surface area contributed by atoms with Crippen molar-refractivity contribution in [2.75, 3.05) is 0 Å². The molecule has 1 unspecified atom stereocenters. The van der Waals surface area contributed by atoms with Gasteiger partial charge in [0, 0.05) is 0 Å². The van der Waals surface area contributed by atoms with Gasteiger partial charge in [-0.05, 0) is 23.6 Å². The molecule has 0 aromatic heterocycles. The molecule has 3 heteroatoms. The topological polar surface area (TPSA) is 52.9 Å². The number of amides is 1. The van der Waals surface area contributed by atoms with Crippen LogP contribution in [0.2, 0.25) is 0 Å². The van der Waals surface area contributed by atoms with Crippen LogP contribution < -0.4 is 5.32 Å². The van der Waals surface area contributed by atoms with Crippen LogP contribution in [-0.4, -0.2) is 5.91 Å². The number of aryl methyl sites for hydroxylation is 1. The molecule has 1 amide bonds. The van der Waals surface area contributed by atoms with Gasteiger partial charge in [0.05, 0.1) is 12.5 Å². The second kappa shape index (κ2) is 6.53. The quantitative estimate of drug-likeness (QED) is 0.923. The Morgan fingerprint density at radius 3 is 2.45 bits per heavy atom. The summed E-state index contributed by atoms with van der Waals surface area (Å²) in [4.78, 5) is 12.0. The van der Waals surface area contributed by atoms with E-state index in [0.29, 0.717) is 0 Å². The third kappa shape index (κ3) is 3.46. The Morgan fingerprint density at radius 2 is 1.80 bits per heavy atom. The lowest BCUT2D eigenvalue weighted by molar-refractivity contribution is -0.120. The fraction of sp³-hybridized carbons (Fsp3) is 0.176. The summed E-state index contributed by atoms with van der Waals surface area (Å²) in [5.74, 6) is -0.147. The average Bonchev–Trinajstić information content (AvgIpc) is 2.46. The summed E-state index contributed by atoms with van der Waals surface area (Å²) in [5.41, 5.74) is 2.78. The number of benzene rings is 2. The number of carbonyl (C=O) groups excluding carboxylic acids is 1. The van der Waals surface area contributed by atoms with Gasteiger partial charge in [0.25, 0.3) is 0 Å². The molecule has 1 atom stereocenters. The molecule has 2 aromatic rings. The number of nitrogens with one attached hydrogen (secondary N) is 1. The highest BCUT2D eigenvalue weighted by Crippen LogP contribution is 2.16. The van der Waals surface area contributed by atoms with E-state index in [-0.39, 0.29) is 12.3 Å². The summed E-state index contributed by atoms with van der Waals surface area (Å²) in [6.45, 7) is 1.93. The Hall–Kier alpha value is -2.60. The first-order chi connectivity index (χ1) is 9.70. The number of hydrogen-bond donors (Lipinski definition) is 1. The van der Waals surface area contributed by atoms with Gasteiger partial charge < -0.3 is 5.32 Å². The molecule has 0 bridgehead atoms. The van der Waals surface area contributed by atoms with Crippen molar-refractivity contribution in [1.82, 2.24) is 5.32 Å². The van der Waals surface area contributed by atoms with Crippen molar-refractivity contribution < 1.29 is 4.79 Å². The molecule has 0 aliphatic rings. The summed E-state index contributed by atoms with van der Waals surface area (Å²) in [7, 11) is 0. The van der Waals surface area contributed by atoms with Gasteiger partial charge in [0.15, 0.2) is 0 Å². The summed E-state index contributed by atoms with van der Waals surface area (Å²) in [5, 5.41) is 12.0. The van der Waals surface area contributed by atoms with Crippen LogP contribution in [0.5, 0.6) is 0 Å². The van der Waals surface area contributed by atoms with Crippen molar-refractivity contribution in [2.24, 2.45) is 0 Å². The monoisotopic (exact) mass is 264 g/mol. The van der Waals surface area contributed by atoms with Crippen molar-refractivity contribution in [1.29, 1.82) is 5.26 Å². The Kier molecular flexibility index (Phi) is 4.52. The van der Waals surface area contributed by atoms with E-state index in [1.807, 2.05) is 61.5 Å². The number of nitriles is 1. The first kappa shape index (κ1) is 13.8. The van der Waals surface area contributed by atoms with Gasteiger partial charge >= 0.3 is 0 Å². The molecule has 3 nitrogen and oxygen atoms in total. The van der Waals surface area contributed by atoms with Crippen LogP contribution in [0, 0.1) is 18.3 Å². The summed E-state index contributed by atoms with van der Waals surface area (Å²) in [6, 6.07) is 18.6. The maximum Gasteiger partial charge on any atom is 0.225 e. The van der Waals surface area contributed by atoms with Gasteiger partial charge in [-0.25, -0.2) is 0 Å². The molecule has 0 spiro atoms. The van der Waals surface area contributed by atoms with Crippen LogP contribution in [0.3, 0.4) is 0 Å². The number of carbonyl (C=O) groups is 1. The third-order valence-corrected chi connectivity index (χ3v) is 3.14. The Labute approximate surface area is 118 Å². The Bertz CT molecular complexity index is 629. The maximum absolute atomic E-state index is 12.0. The van der Waals surface area contributed by atoms with Crippen molar-refractivity contribution in [3.63, 3.8) is 0 Å². The average molecular weight is 264 g/mol. The van der Waals surface area contributed by atoms with E-state index in [0.717, 1.165) is 16.7 Å². The molecule has 1 N–H and O–H groups in total. The van der Waals surface area contributed by atoms with Gasteiger partial charge in [-0.1, -0.05) is 54.6 Å². The van der Waals surface area contributed by atoms with E-state index < -0.39 is 6.04 Å². The fourth-order valence-electron chi connectivity index (χ4n) is 2.08. The van der Waals surface area contributed by atoms with Crippen LogP contribution >= 0.6 is 0 Å². The highest BCUT2D eigenvalue weighted by atomic mass is 16.1. The van der Waals surface area contributed by atoms with E-state index in [4.69, 9.17) is 0 Å². The van der Waals surface area contributed by atoms with Gasteiger partial charge in [-0.3, -0.25) is 4.79 Å². The normalized spacial score (nSPS) is 11.4. The molecule has 0 aliphatic carbocycles. The van der Waals surface area contributed by atoms with Crippen molar-refractivity contribution in [3.05, 3.63) is 71.3 Å². The maximum atomic E-state index is 12.0. The van der Waals surface area contributed by atoms with Crippen LogP contribution in [0.15, 0.2) is 54.6 Å². The third-order valence-electron chi connectivity index (χ3n) is 3.14. The first-order valence-electron chi connectivity index (χ1n) is 6.49. The molecular weight excluding hydrogens is 248 g/mol. The van der Waals surface area contributed by atoms with E-state index in [1.54, 1.807) is 0 Å². The minimum Gasteiger partial charge on any atom is -0.336 e. The predicted octanol–water partition coefficient (Wildman–Crippen LogP) is 2.92. The smallest absolute Gasteiger partial charge is 0.225 e. The minimum absolute atomic E-state index is 0.147. The Balaban J connectivity index is 2.06. The predicted molar refractivity (Wildman–Crippen MR) is 77.8 cm³/mol. The summed E-state index contributed by atoms with van der Waals surface area (Å²) in [6.07, 6.45) is 0.283. The van der Waals surface area contributed by atoms with E-state index >= 15 is 0 Å². The number of hydrogen-bond acceptors (Lipinski definition) is 2. The molecule has 2 aromatic carbocycles. The largest absolute Gasteiger partial charge is 0.336 e. The second-order valence-corrected chi connectivity index (χ2v) is 4.65. The lowest BCUT2D eigenvalue weighted by atomic mass is 10.0.